The van der Waals surface area contributed by atoms with Gasteiger partial charge in [-0.05, 0) is 18.6 Å². The predicted octanol–water partition coefficient (Wildman–Crippen LogP) is 2.47. The van der Waals surface area contributed by atoms with E-state index in [-0.39, 0.29) is 11.8 Å². The smallest absolute Gasteiger partial charge is 0.227 e. The number of hydrogen-bond donors (Lipinski definition) is 1. The van der Waals surface area contributed by atoms with E-state index in [4.69, 9.17) is 0 Å². The maximum absolute atomic E-state index is 11.8. The van der Waals surface area contributed by atoms with E-state index in [9.17, 15) is 4.79 Å². The summed E-state index contributed by atoms with van der Waals surface area (Å²) in [6, 6.07) is 7.56. The number of benzene rings is 1. The third-order valence-corrected chi connectivity index (χ3v) is 3.05. The van der Waals surface area contributed by atoms with Gasteiger partial charge in [-0.3, -0.25) is 9.48 Å². The van der Waals surface area contributed by atoms with E-state index >= 15 is 0 Å². The molecule has 2 rings (SSSR count). The lowest BCUT2D eigenvalue weighted by Gasteiger charge is -2.10. The Labute approximate surface area is 112 Å². The quantitative estimate of drug-likeness (QED) is 0.916. The number of aromatic nitrogens is 3. The van der Waals surface area contributed by atoms with Crippen LogP contribution in [0.25, 0.3) is 11.4 Å². The van der Waals surface area contributed by atoms with Crippen molar-refractivity contribution < 1.29 is 4.79 Å². The van der Waals surface area contributed by atoms with E-state index in [1.165, 1.54) is 0 Å². The first-order valence-electron chi connectivity index (χ1n) is 6.37. The maximum Gasteiger partial charge on any atom is 0.227 e. The minimum absolute atomic E-state index is 0.0108. The zero-order chi connectivity index (χ0) is 13.8. The highest BCUT2D eigenvalue weighted by atomic mass is 16.1. The van der Waals surface area contributed by atoms with E-state index < -0.39 is 0 Å². The fourth-order valence-corrected chi connectivity index (χ4v) is 1.66. The normalized spacial score (nSPS) is 12.2. The molecule has 1 N–H and O–H groups in total. The highest BCUT2D eigenvalue weighted by Gasteiger charge is 2.11. The monoisotopic (exact) mass is 258 g/mol. The van der Waals surface area contributed by atoms with Gasteiger partial charge in [0, 0.05) is 24.2 Å². The molecule has 0 spiro atoms. The van der Waals surface area contributed by atoms with Gasteiger partial charge in [0.2, 0.25) is 5.91 Å². The van der Waals surface area contributed by atoms with E-state index in [1.54, 1.807) is 11.0 Å². The Hall–Kier alpha value is -2.17. The second-order valence-electron chi connectivity index (χ2n) is 4.62. The van der Waals surface area contributed by atoms with Gasteiger partial charge in [-0.1, -0.05) is 26.0 Å². The van der Waals surface area contributed by atoms with Crippen LogP contribution in [-0.4, -0.2) is 20.7 Å². The third kappa shape index (κ3) is 3.19. The first-order chi connectivity index (χ1) is 9.10. The molecule has 0 bridgehead atoms. The van der Waals surface area contributed by atoms with Gasteiger partial charge in [-0.25, -0.2) is 4.98 Å². The molecule has 0 aliphatic heterocycles. The van der Waals surface area contributed by atoms with E-state index in [0.29, 0.717) is 5.82 Å². The average Bonchev–Trinajstić information content (AvgIpc) is 2.84. The number of anilines is 1. The Morgan fingerprint density at radius 1 is 1.47 bits per heavy atom. The highest BCUT2D eigenvalue weighted by Crippen LogP contribution is 2.19. The van der Waals surface area contributed by atoms with Crippen molar-refractivity contribution in [3.05, 3.63) is 30.6 Å². The van der Waals surface area contributed by atoms with Gasteiger partial charge in [0.1, 0.15) is 6.33 Å². The van der Waals surface area contributed by atoms with Crippen LogP contribution >= 0.6 is 0 Å². The van der Waals surface area contributed by atoms with Crippen LogP contribution in [0.15, 0.2) is 30.6 Å². The van der Waals surface area contributed by atoms with Crippen LogP contribution in [0.2, 0.25) is 0 Å². The van der Waals surface area contributed by atoms with Crippen molar-refractivity contribution in [1.82, 2.24) is 14.8 Å². The molecule has 0 radical (unpaired) electrons. The molecule has 2 aromatic rings. The number of nitrogens with one attached hydrogen (secondary N) is 1. The summed E-state index contributed by atoms with van der Waals surface area (Å²) in [4.78, 5) is 16.0. The van der Waals surface area contributed by atoms with Gasteiger partial charge in [0.25, 0.3) is 0 Å². The summed E-state index contributed by atoms with van der Waals surface area (Å²) in [5, 5.41) is 7.15. The first-order valence-corrected chi connectivity index (χ1v) is 6.37. The van der Waals surface area contributed by atoms with Crippen LogP contribution in [-0.2, 0) is 11.8 Å². The molecule has 5 heteroatoms. The zero-order valence-electron chi connectivity index (χ0n) is 11.4. The van der Waals surface area contributed by atoms with Crippen LogP contribution < -0.4 is 5.32 Å². The number of amides is 1. The third-order valence-electron chi connectivity index (χ3n) is 3.05. The molecule has 19 heavy (non-hydrogen) atoms. The van der Waals surface area contributed by atoms with Crippen LogP contribution in [0.4, 0.5) is 5.69 Å². The molecular weight excluding hydrogens is 240 g/mol. The highest BCUT2D eigenvalue weighted by molar-refractivity contribution is 5.92. The largest absolute Gasteiger partial charge is 0.326 e. The lowest BCUT2D eigenvalue weighted by atomic mass is 10.1. The van der Waals surface area contributed by atoms with Gasteiger partial charge in [-0.15, -0.1) is 0 Å². The Kier molecular flexibility index (Phi) is 3.94. The molecule has 1 amide bonds. The zero-order valence-corrected chi connectivity index (χ0v) is 11.4. The lowest BCUT2D eigenvalue weighted by molar-refractivity contribution is -0.119. The Balaban J connectivity index is 2.18. The van der Waals surface area contributed by atoms with E-state index in [2.05, 4.69) is 15.4 Å². The summed E-state index contributed by atoms with van der Waals surface area (Å²) < 4.78 is 1.65. The molecule has 0 unspecified atom stereocenters. The van der Waals surface area contributed by atoms with E-state index in [0.717, 1.165) is 17.7 Å². The molecular formula is C14H18N4O. The van der Waals surface area contributed by atoms with Crippen molar-refractivity contribution in [2.75, 3.05) is 5.32 Å². The van der Waals surface area contributed by atoms with Crippen LogP contribution in [0.5, 0.6) is 0 Å². The minimum Gasteiger partial charge on any atom is -0.326 e. The minimum atomic E-state index is 0.0108. The molecule has 0 aliphatic rings. The van der Waals surface area contributed by atoms with Crippen LogP contribution in [0.3, 0.4) is 0 Å². The first kappa shape index (κ1) is 13.3. The van der Waals surface area contributed by atoms with Gasteiger partial charge < -0.3 is 5.32 Å². The van der Waals surface area contributed by atoms with Gasteiger partial charge in [0.05, 0.1) is 0 Å². The van der Waals surface area contributed by atoms with Crippen molar-refractivity contribution in [2.24, 2.45) is 13.0 Å². The number of rotatable bonds is 4. The van der Waals surface area contributed by atoms with Crippen LogP contribution in [0.1, 0.15) is 20.3 Å². The topological polar surface area (TPSA) is 59.8 Å². The summed E-state index contributed by atoms with van der Waals surface area (Å²) in [6.07, 6.45) is 2.48. The molecule has 1 aromatic carbocycles. The predicted molar refractivity (Wildman–Crippen MR) is 74.5 cm³/mol. The number of aryl methyl sites for hydroxylation is 1. The van der Waals surface area contributed by atoms with E-state index in [1.807, 2.05) is 45.2 Å². The second kappa shape index (κ2) is 5.65. The lowest BCUT2D eigenvalue weighted by Crippen LogP contribution is -2.19. The Morgan fingerprint density at radius 2 is 2.26 bits per heavy atom. The van der Waals surface area contributed by atoms with Gasteiger partial charge in [-0.2, -0.15) is 5.10 Å². The summed E-state index contributed by atoms with van der Waals surface area (Å²) in [7, 11) is 1.82. The Morgan fingerprint density at radius 3 is 2.89 bits per heavy atom. The number of carbonyl (C=O) groups is 1. The fraction of sp³-hybridized carbons (Fsp3) is 0.357. The SMILES string of the molecule is CC[C@H](C)C(=O)Nc1cccc(-c2ncn(C)n2)c1. The summed E-state index contributed by atoms with van der Waals surface area (Å²) in [6.45, 7) is 3.91. The molecule has 0 saturated carbocycles. The molecule has 5 nitrogen and oxygen atoms in total. The molecule has 1 aromatic heterocycles. The van der Waals surface area contributed by atoms with Gasteiger partial charge in [0.15, 0.2) is 5.82 Å². The molecule has 1 atom stereocenters. The van der Waals surface area contributed by atoms with Crippen molar-refractivity contribution in [2.45, 2.75) is 20.3 Å². The number of hydrogen-bond acceptors (Lipinski definition) is 3. The molecule has 0 saturated heterocycles. The standard InChI is InChI=1S/C14H18N4O/c1-4-10(2)14(19)16-12-7-5-6-11(8-12)13-15-9-18(3)17-13/h5-10H,4H2,1-3H3,(H,16,19)/t10-/m0/s1. The van der Waals surface area contributed by atoms with Crippen molar-refractivity contribution >= 4 is 11.6 Å². The average molecular weight is 258 g/mol. The summed E-state index contributed by atoms with van der Waals surface area (Å²) in [5.74, 6) is 0.701. The van der Waals surface area contributed by atoms with Crippen molar-refractivity contribution in [3.8, 4) is 11.4 Å². The fourth-order valence-electron chi connectivity index (χ4n) is 1.66. The number of carbonyl (C=O) groups excluding carboxylic acids is 1. The molecule has 1 heterocycles. The Bertz CT molecular complexity index is 576. The number of nitrogens with zero attached hydrogens (tertiary/aromatic N) is 3. The summed E-state index contributed by atoms with van der Waals surface area (Å²) >= 11 is 0. The summed E-state index contributed by atoms with van der Waals surface area (Å²) in [5.41, 5.74) is 1.66. The molecule has 100 valence electrons. The molecule has 0 aliphatic carbocycles. The van der Waals surface area contributed by atoms with Crippen molar-refractivity contribution in [3.63, 3.8) is 0 Å². The second-order valence-corrected chi connectivity index (χ2v) is 4.62. The molecule has 0 fully saturated rings. The van der Waals surface area contributed by atoms with Gasteiger partial charge >= 0.3 is 0 Å². The maximum atomic E-state index is 11.8. The van der Waals surface area contributed by atoms with Crippen molar-refractivity contribution in [1.29, 1.82) is 0 Å². The van der Waals surface area contributed by atoms with Crippen LogP contribution in [0, 0.1) is 5.92 Å².